The van der Waals surface area contributed by atoms with Gasteiger partial charge in [-0.2, -0.15) is 0 Å². The van der Waals surface area contributed by atoms with E-state index in [0.29, 0.717) is 17.5 Å². The van der Waals surface area contributed by atoms with E-state index in [1.165, 1.54) is 79.3 Å². The highest BCUT2D eigenvalue weighted by atomic mass is 32.1. The van der Waals surface area contributed by atoms with Gasteiger partial charge in [-0.1, -0.05) is 218 Å². The van der Waals surface area contributed by atoms with Crippen molar-refractivity contribution >= 4 is 63.0 Å². The lowest BCUT2D eigenvalue weighted by molar-refractivity contribution is 0.768. The van der Waals surface area contributed by atoms with E-state index in [1.807, 2.05) is 11.3 Å². The predicted octanol–water partition coefficient (Wildman–Crippen LogP) is 17.3. The molecule has 1 aliphatic carbocycles. The van der Waals surface area contributed by atoms with Crippen molar-refractivity contribution in [2.45, 2.75) is 5.41 Å². The summed E-state index contributed by atoms with van der Waals surface area (Å²) >= 11 is 3.66. The number of rotatable bonds is 7. The molecule has 0 N–H and O–H groups in total. The first kappa shape index (κ1) is 39.8. The van der Waals surface area contributed by atoms with Crippen LogP contribution in [0.4, 0.5) is 0 Å². The smallest absolute Gasteiger partial charge is 0.165 e. The Morgan fingerprint density at radius 1 is 0.275 bits per heavy atom. The zero-order chi connectivity index (χ0) is 45.5. The van der Waals surface area contributed by atoms with Gasteiger partial charge >= 0.3 is 0 Å². The highest BCUT2D eigenvalue weighted by molar-refractivity contribution is 7.26. The topological polar surface area (TPSA) is 38.7 Å². The SMILES string of the molecule is c1ccc(C2(c3ccccc3)c3ccccc3-c3c(-c4nc(-c5ccc(-c6ccc(-c7cccc8c7sc7ccccc78)cc6)cc5)nc(-c5cccc6c5sc5ccccc56)n4)cccc32)cc1. The van der Waals surface area contributed by atoms with Crippen LogP contribution in [0.3, 0.4) is 0 Å². The second kappa shape index (κ2) is 15.9. The van der Waals surface area contributed by atoms with Gasteiger partial charge in [0.1, 0.15) is 0 Å². The van der Waals surface area contributed by atoms with Gasteiger partial charge in [0.05, 0.1) is 5.41 Å². The lowest BCUT2D eigenvalue weighted by Crippen LogP contribution is -2.28. The number of hydrogen-bond acceptors (Lipinski definition) is 5. The van der Waals surface area contributed by atoms with Gasteiger partial charge < -0.3 is 0 Å². The maximum atomic E-state index is 5.48. The van der Waals surface area contributed by atoms with Crippen LogP contribution >= 0.6 is 22.7 Å². The fraction of sp³-hybridized carbons (Fsp3) is 0.0156. The quantitative estimate of drug-likeness (QED) is 0.160. The summed E-state index contributed by atoms with van der Waals surface area (Å²) in [5, 5.41) is 5.08. The first-order valence-electron chi connectivity index (χ1n) is 23.3. The van der Waals surface area contributed by atoms with Gasteiger partial charge in [-0.25, -0.2) is 15.0 Å². The second-order valence-electron chi connectivity index (χ2n) is 17.8. The van der Waals surface area contributed by atoms with Crippen LogP contribution in [0.1, 0.15) is 22.3 Å². The Kier molecular flexibility index (Phi) is 9.16. The molecular formula is C64H39N3S2. The van der Waals surface area contributed by atoms with Gasteiger partial charge in [0.25, 0.3) is 0 Å². The third-order valence-electron chi connectivity index (χ3n) is 14.1. The average molecular weight is 914 g/mol. The second-order valence-corrected chi connectivity index (χ2v) is 19.9. The molecule has 0 saturated carbocycles. The minimum Gasteiger partial charge on any atom is -0.208 e. The Bertz CT molecular complexity index is 4080. The highest BCUT2D eigenvalue weighted by Gasteiger charge is 2.47. The van der Waals surface area contributed by atoms with E-state index in [0.717, 1.165) is 33.4 Å². The number of aromatic nitrogens is 3. The molecule has 0 bridgehead atoms. The Morgan fingerprint density at radius 2 is 0.696 bits per heavy atom. The van der Waals surface area contributed by atoms with Crippen LogP contribution in [0.15, 0.2) is 237 Å². The van der Waals surface area contributed by atoms with E-state index in [1.54, 1.807) is 11.3 Å². The van der Waals surface area contributed by atoms with Crippen molar-refractivity contribution in [3.8, 4) is 67.5 Å². The van der Waals surface area contributed by atoms with Gasteiger partial charge in [0.15, 0.2) is 17.5 Å². The maximum absolute atomic E-state index is 5.48. The fourth-order valence-electron chi connectivity index (χ4n) is 11.0. The lowest BCUT2D eigenvalue weighted by atomic mass is 9.67. The summed E-state index contributed by atoms with van der Waals surface area (Å²) in [5.74, 6) is 1.93. The number of benzene rings is 10. The summed E-state index contributed by atoms with van der Waals surface area (Å²) < 4.78 is 5.05. The molecule has 5 heteroatoms. The molecule has 322 valence electrons. The number of nitrogens with zero attached hydrogens (tertiary/aromatic N) is 3. The molecule has 3 nitrogen and oxygen atoms in total. The zero-order valence-corrected chi connectivity index (χ0v) is 38.8. The zero-order valence-electron chi connectivity index (χ0n) is 37.2. The first-order valence-corrected chi connectivity index (χ1v) is 25.0. The normalized spacial score (nSPS) is 12.8. The third kappa shape index (κ3) is 6.21. The van der Waals surface area contributed by atoms with Crippen LogP contribution < -0.4 is 0 Å². The molecule has 0 spiro atoms. The van der Waals surface area contributed by atoms with Crippen molar-refractivity contribution in [2.75, 3.05) is 0 Å². The molecule has 13 aromatic rings. The van der Waals surface area contributed by atoms with Gasteiger partial charge in [-0.3, -0.25) is 0 Å². The van der Waals surface area contributed by atoms with Crippen LogP contribution in [0, 0.1) is 0 Å². The van der Waals surface area contributed by atoms with Crippen LogP contribution in [0.2, 0.25) is 0 Å². The molecule has 0 aliphatic heterocycles. The number of thiophene rings is 2. The molecule has 0 atom stereocenters. The van der Waals surface area contributed by atoms with Crippen molar-refractivity contribution in [2.24, 2.45) is 0 Å². The van der Waals surface area contributed by atoms with E-state index in [9.17, 15) is 0 Å². The van der Waals surface area contributed by atoms with E-state index < -0.39 is 5.41 Å². The molecule has 10 aromatic carbocycles. The predicted molar refractivity (Wildman–Crippen MR) is 290 cm³/mol. The first-order chi connectivity index (χ1) is 34.2. The van der Waals surface area contributed by atoms with Crippen LogP contribution in [0.5, 0.6) is 0 Å². The summed E-state index contributed by atoms with van der Waals surface area (Å²) in [6.45, 7) is 0. The van der Waals surface area contributed by atoms with Gasteiger partial charge in [-0.05, 0) is 73.8 Å². The Morgan fingerprint density at radius 3 is 1.33 bits per heavy atom. The van der Waals surface area contributed by atoms with Crippen molar-refractivity contribution < 1.29 is 0 Å². The monoisotopic (exact) mass is 913 g/mol. The van der Waals surface area contributed by atoms with Crippen molar-refractivity contribution in [1.82, 2.24) is 15.0 Å². The standard InChI is InChI=1S/C64H39N3S2/c1-3-16-44(17-4-1)64(45-18-5-2-6-19-45)54-28-10-7-22-51(54)58-52(26-15-29-55(58)64)62-65-61(66-63(67-62)53-27-14-25-50-48-21-9-12-31-57(48)69-60(50)53)43-38-34-41(35-39-43)40-32-36-42(37-33-40)46-23-13-24-49-47-20-8-11-30-56(47)68-59(46)49/h1-39H. The minimum atomic E-state index is -0.550. The van der Waals surface area contributed by atoms with Gasteiger partial charge in [0.2, 0.25) is 0 Å². The summed E-state index contributed by atoms with van der Waals surface area (Å²) in [6, 6.07) is 85.6. The summed E-state index contributed by atoms with van der Waals surface area (Å²) in [4.78, 5) is 16.3. The molecule has 1 aliphatic rings. The molecule has 0 amide bonds. The molecule has 3 heterocycles. The van der Waals surface area contributed by atoms with Crippen LogP contribution in [-0.4, -0.2) is 15.0 Å². The summed E-state index contributed by atoms with van der Waals surface area (Å²) in [5.41, 5.74) is 14.3. The molecule has 0 fully saturated rings. The largest absolute Gasteiger partial charge is 0.208 e. The fourth-order valence-corrected chi connectivity index (χ4v) is 13.4. The summed E-state index contributed by atoms with van der Waals surface area (Å²) in [7, 11) is 0. The molecule has 3 aromatic heterocycles. The van der Waals surface area contributed by atoms with E-state index >= 15 is 0 Å². The lowest BCUT2D eigenvalue weighted by Gasteiger charge is -2.33. The minimum absolute atomic E-state index is 0.550. The van der Waals surface area contributed by atoms with E-state index in [2.05, 4.69) is 237 Å². The molecule has 14 rings (SSSR count). The van der Waals surface area contributed by atoms with Crippen LogP contribution in [-0.2, 0) is 5.41 Å². The molecule has 69 heavy (non-hydrogen) atoms. The Labute approximate surface area is 407 Å². The Hall–Kier alpha value is -8.35. The highest BCUT2D eigenvalue weighted by Crippen LogP contribution is 2.58. The van der Waals surface area contributed by atoms with Crippen molar-refractivity contribution in [3.63, 3.8) is 0 Å². The molecule has 0 unspecified atom stereocenters. The van der Waals surface area contributed by atoms with E-state index in [-0.39, 0.29) is 0 Å². The average Bonchev–Trinajstić information content (AvgIpc) is 4.10. The third-order valence-corrected chi connectivity index (χ3v) is 16.5. The molecule has 0 saturated heterocycles. The van der Waals surface area contributed by atoms with E-state index in [4.69, 9.17) is 15.0 Å². The number of fused-ring (bicyclic) bond motifs is 9. The van der Waals surface area contributed by atoms with Gasteiger partial charge in [0, 0.05) is 57.0 Å². The molecular weight excluding hydrogens is 875 g/mol. The van der Waals surface area contributed by atoms with Gasteiger partial charge in [-0.15, -0.1) is 22.7 Å². The Balaban J connectivity index is 0.923. The van der Waals surface area contributed by atoms with Crippen molar-refractivity contribution in [1.29, 1.82) is 0 Å². The number of hydrogen-bond donors (Lipinski definition) is 0. The van der Waals surface area contributed by atoms with Crippen molar-refractivity contribution in [3.05, 3.63) is 259 Å². The maximum Gasteiger partial charge on any atom is 0.165 e. The van der Waals surface area contributed by atoms with Crippen LogP contribution in [0.25, 0.3) is 108 Å². The summed E-state index contributed by atoms with van der Waals surface area (Å²) in [6.07, 6.45) is 0. The molecule has 0 radical (unpaired) electrons.